The van der Waals surface area contributed by atoms with E-state index >= 15 is 0 Å². The van der Waals surface area contributed by atoms with Gasteiger partial charge in [0, 0.05) is 38.8 Å². The van der Waals surface area contributed by atoms with Crippen LogP contribution in [0, 0.1) is 0 Å². The number of carboxylic acids is 1. The summed E-state index contributed by atoms with van der Waals surface area (Å²) in [5.74, 6) is -0.868. The van der Waals surface area contributed by atoms with E-state index in [-0.39, 0.29) is 0 Å². The van der Waals surface area contributed by atoms with Crippen LogP contribution in [0.2, 0.25) is 0 Å². The van der Waals surface area contributed by atoms with Crippen molar-refractivity contribution in [3.05, 3.63) is 71.3 Å². The molecule has 0 spiro atoms. The summed E-state index contributed by atoms with van der Waals surface area (Å²) in [4.78, 5) is 16.0. The lowest BCUT2D eigenvalue weighted by molar-refractivity contribution is 0.0620. The predicted octanol–water partition coefficient (Wildman–Crippen LogP) is 3.48. The first-order valence-corrected chi connectivity index (χ1v) is 8.98. The monoisotopic (exact) mass is 338 g/mol. The molecule has 0 amide bonds. The molecular weight excluding hydrogens is 312 g/mol. The van der Waals surface area contributed by atoms with Crippen molar-refractivity contribution >= 4 is 5.97 Å². The number of hydrogen-bond acceptors (Lipinski definition) is 3. The average molecular weight is 338 g/mol. The van der Waals surface area contributed by atoms with Crippen molar-refractivity contribution in [3.8, 4) is 0 Å². The molecule has 2 aromatic rings. The van der Waals surface area contributed by atoms with Crippen molar-refractivity contribution in [2.45, 2.75) is 32.5 Å². The van der Waals surface area contributed by atoms with E-state index in [1.54, 1.807) is 12.1 Å². The van der Waals surface area contributed by atoms with Crippen LogP contribution in [-0.4, -0.2) is 46.6 Å². The Morgan fingerprint density at radius 1 is 1.00 bits per heavy atom. The zero-order valence-corrected chi connectivity index (χ0v) is 14.8. The van der Waals surface area contributed by atoms with Crippen molar-refractivity contribution < 1.29 is 9.90 Å². The van der Waals surface area contributed by atoms with Gasteiger partial charge in [0.1, 0.15) is 0 Å². The maximum absolute atomic E-state index is 11.0. The number of carbonyl (C=O) groups is 1. The maximum Gasteiger partial charge on any atom is 0.335 e. The van der Waals surface area contributed by atoms with Gasteiger partial charge in [-0.3, -0.25) is 9.80 Å². The average Bonchev–Trinajstić information content (AvgIpc) is 2.64. The Labute approximate surface area is 149 Å². The Hall–Kier alpha value is -2.17. The molecular formula is C21H26N2O2. The lowest BCUT2D eigenvalue weighted by Crippen LogP contribution is -2.51. The van der Waals surface area contributed by atoms with Crippen molar-refractivity contribution in [1.29, 1.82) is 0 Å². The Morgan fingerprint density at radius 2 is 1.68 bits per heavy atom. The third-order valence-corrected chi connectivity index (χ3v) is 5.00. The topological polar surface area (TPSA) is 43.8 Å². The van der Waals surface area contributed by atoms with Crippen LogP contribution >= 0.6 is 0 Å². The van der Waals surface area contributed by atoms with Gasteiger partial charge in [-0.2, -0.15) is 0 Å². The van der Waals surface area contributed by atoms with Gasteiger partial charge >= 0.3 is 5.97 Å². The van der Waals surface area contributed by atoms with Gasteiger partial charge in [0.15, 0.2) is 0 Å². The van der Waals surface area contributed by atoms with Crippen LogP contribution < -0.4 is 0 Å². The third-order valence-electron chi connectivity index (χ3n) is 5.00. The van der Waals surface area contributed by atoms with E-state index in [0.29, 0.717) is 11.6 Å². The Kier molecular flexibility index (Phi) is 5.84. The summed E-state index contributed by atoms with van der Waals surface area (Å²) in [6, 6.07) is 18.5. The second kappa shape index (κ2) is 8.28. The molecule has 0 radical (unpaired) electrons. The molecule has 3 rings (SSSR count). The molecule has 0 bridgehead atoms. The first-order valence-electron chi connectivity index (χ1n) is 8.98. The van der Waals surface area contributed by atoms with Gasteiger partial charge in [0.05, 0.1) is 5.56 Å². The molecule has 1 heterocycles. The van der Waals surface area contributed by atoms with Gasteiger partial charge < -0.3 is 5.11 Å². The molecule has 0 aliphatic carbocycles. The Morgan fingerprint density at radius 3 is 2.32 bits per heavy atom. The molecule has 0 aromatic heterocycles. The minimum absolute atomic E-state index is 0.350. The van der Waals surface area contributed by atoms with Crippen LogP contribution in [0.5, 0.6) is 0 Å². The van der Waals surface area contributed by atoms with Crippen molar-refractivity contribution in [2.75, 3.05) is 19.6 Å². The second-order valence-electron chi connectivity index (χ2n) is 6.76. The van der Waals surface area contributed by atoms with E-state index in [1.165, 1.54) is 11.1 Å². The quantitative estimate of drug-likeness (QED) is 0.876. The molecule has 1 atom stereocenters. The largest absolute Gasteiger partial charge is 0.478 e. The standard InChI is InChI=1S/C21H26N2O2/c1-2-20-16-22(14-18-8-10-19(11-9-18)21(24)25)12-13-23(20)15-17-6-4-3-5-7-17/h3-11,20H,2,12-16H2,1H3,(H,24,25). The van der Waals surface area contributed by atoms with E-state index in [2.05, 4.69) is 47.1 Å². The molecule has 1 N–H and O–H groups in total. The first-order chi connectivity index (χ1) is 12.2. The molecule has 2 aromatic carbocycles. The highest BCUT2D eigenvalue weighted by molar-refractivity contribution is 5.87. The Bertz CT molecular complexity index is 685. The molecule has 1 fully saturated rings. The number of nitrogens with zero attached hydrogens (tertiary/aromatic N) is 2. The number of piperazine rings is 1. The molecule has 4 heteroatoms. The van der Waals surface area contributed by atoms with E-state index in [9.17, 15) is 4.79 Å². The lowest BCUT2D eigenvalue weighted by atomic mass is 10.1. The summed E-state index contributed by atoms with van der Waals surface area (Å²) >= 11 is 0. The summed E-state index contributed by atoms with van der Waals surface area (Å²) in [6.07, 6.45) is 1.14. The first kappa shape index (κ1) is 17.6. The van der Waals surface area contributed by atoms with E-state index < -0.39 is 5.97 Å². The van der Waals surface area contributed by atoms with E-state index in [1.807, 2.05) is 12.1 Å². The summed E-state index contributed by atoms with van der Waals surface area (Å²) in [6.45, 7) is 7.33. The zero-order valence-electron chi connectivity index (χ0n) is 14.8. The normalized spacial score (nSPS) is 19.0. The van der Waals surface area contributed by atoms with Crippen LogP contribution in [0.1, 0.15) is 34.8 Å². The van der Waals surface area contributed by atoms with Crippen LogP contribution in [0.3, 0.4) is 0 Å². The predicted molar refractivity (Wildman–Crippen MR) is 99.6 cm³/mol. The highest BCUT2D eigenvalue weighted by Gasteiger charge is 2.25. The third kappa shape index (κ3) is 4.68. The van der Waals surface area contributed by atoms with Gasteiger partial charge in [-0.1, -0.05) is 49.4 Å². The lowest BCUT2D eigenvalue weighted by Gasteiger charge is -2.41. The summed E-state index contributed by atoms with van der Waals surface area (Å²) in [7, 11) is 0. The molecule has 25 heavy (non-hydrogen) atoms. The summed E-state index contributed by atoms with van der Waals surface area (Å²) in [5, 5.41) is 9.00. The molecule has 1 aliphatic heterocycles. The van der Waals surface area contributed by atoms with E-state index in [0.717, 1.165) is 39.1 Å². The Balaban J connectivity index is 1.58. The molecule has 0 saturated carbocycles. The van der Waals surface area contributed by atoms with Gasteiger partial charge in [0.25, 0.3) is 0 Å². The van der Waals surface area contributed by atoms with Gasteiger partial charge in [-0.25, -0.2) is 4.79 Å². The minimum Gasteiger partial charge on any atom is -0.478 e. The van der Waals surface area contributed by atoms with Crippen molar-refractivity contribution in [3.63, 3.8) is 0 Å². The van der Waals surface area contributed by atoms with Crippen molar-refractivity contribution in [1.82, 2.24) is 9.80 Å². The molecule has 132 valence electrons. The number of hydrogen-bond donors (Lipinski definition) is 1. The number of rotatable bonds is 6. The fraction of sp³-hybridized carbons (Fsp3) is 0.381. The van der Waals surface area contributed by atoms with Gasteiger partial charge in [-0.05, 0) is 29.7 Å². The summed E-state index contributed by atoms with van der Waals surface area (Å²) < 4.78 is 0. The molecule has 1 aliphatic rings. The molecule has 4 nitrogen and oxygen atoms in total. The van der Waals surface area contributed by atoms with Crippen molar-refractivity contribution in [2.24, 2.45) is 0 Å². The minimum atomic E-state index is -0.868. The fourth-order valence-corrected chi connectivity index (χ4v) is 3.53. The van der Waals surface area contributed by atoms with Gasteiger partial charge in [0.2, 0.25) is 0 Å². The molecule has 1 saturated heterocycles. The van der Waals surface area contributed by atoms with Crippen LogP contribution in [0.4, 0.5) is 0 Å². The molecule has 1 unspecified atom stereocenters. The number of aromatic carboxylic acids is 1. The summed E-state index contributed by atoms with van der Waals surface area (Å²) in [5.41, 5.74) is 2.90. The maximum atomic E-state index is 11.0. The fourth-order valence-electron chi connectivity index (χ4n) is 3.53. The van der Waals surface area contributed by atoms with E-state index in [4.69, 9.17) is 5.11 Å². The number of benzene rings is 2. The van der Waals surface area contributed by atoms with Crippen LogP contribution in [-0.2, 0) is 13.1 Å². The number of carboxylic acid groups (broad SMARTS) is 1. The SMILES string of the molecule is CCC1CN(Cc2ccc(C(=O)O)cc2)CCN1Cc1ccccc1. The smallest absolute Gasteiger partial charge is 0.335 e. The second-order valence-corrected chi connectivity index (χ2v) is 6.76. The highest BCUT2D eigenvalue weighted by atomic mass is 16.4. The van der Waals surface area contributed by atoms with Crippen LogP contribution in [0.15, 0.2) is 54.6 Å². The zero-order chi connectivity index (χ0) is 17.6. The van der Waals surface area contributed by atoms with Gasteiger partial charge in [-0.15, -0.1) is 0 Å². The highest BCUT2D eigenvalue weighted by Crippen LogP contribution is 2.18. The van der Waals surface area contributed by atoms with Crippen LogP contribution in [0.25, 0.3) is 0 Å².